The van der Waals surface area contributed by atoms with Crippen LogP contribution in [0.3, 0.4) is 0 Å². The summed E-state index contributed by atoms with van der Waals surface area (Å²) in [7, 11) is 1.87. The number of aromatic nitrogens is 2. The largest absolute Gasteiger partial charge is 0.487 e. The van der Waals surface area contributed by atoms with Gasteiger partial charge in [0.2, 0.25) is 0 Å². The third-order valence-corrected chi connectivity index (χ3v) is 6.40. The highest BCUT2D eigenvalue weighted by Crippen LogP contribution is 2.38. The predicted molar refractivity (Wildman–Crippen MR) is 118 cm³/mol. The Balaban J connectivity index is 1.31. The van der Waals surface area contributed by atoms with Gasteiger partial charge in [-0.05, 0) is 35.6 Å². The van der Waals surface area contributed by atoms with Crippen molar-refractivity contribution in [1.82, 2.24) is 14.7 Å². The van der Waals surface area contributed by atoms with E-state index in [1.807, 2.05) is 43.6 Å². The minimum absolute atomic E-state index is 0.200. The van der Waals surface area contributed by atoms with E-state index in [0.29, 0.717) is 25.1 Å². The summed E-state index contributed by atoms with van der Waals surface area (Å²) in [6, 6.07) is 13.2. The number of amides is 1. The summed E-state index contributed by atoms with van der Waals surface area (Å²) in [5.41, 5.74) is 4.23. The number of ether oxygens (including phenoxy) is 1. The number of aliphatic hydroxyl groups is 1. The third kappa shape index (κ3) is 4.11. The molecule has 2 heterocycles. The molecule has 1 aromatic heterocycles. The molecule has 3 aromatic rings. The van der Waals surface area contributed by atoms with Gasteiger partial charge in [0.25, 0.3) is 11.8 Å². The van der Waals surface area contributed by atoms with Gasteiger partial charge in [-0.15, -0.1) is 0 Å². The van der Waals surface area contributed by atoms with E-state index in [1.54, 1.807) is 27.9 Å². The van der Waals surface area contributed by atoms with Crippen molar-refractivity contribution in [2.45, 2.75) is 50.5 Å². The van der Waals surface area contributed by atoms with Crippen molar-refractivity contribution in [3.8, 4) is 16.9 Å². The lowest BCUT2D eigenvalue weighted by molar-refractivity contribution is -0.169. The van der Waals surface area contributed by atoms with Gasteiger partial charge in [0.05, 0.1) is 11.8 Å². The second-order valence-corrected chi connectivity index (χ2v) is 8.81. The van der Waals surface area contributed by atoms with Gasteiger partial charge in [-0.2, -0.15) is 5.10 Å². The lowest BCUT2D eigenvalue weighted by atomic mass is 9.91. The molecule has 33 heavy (non-hydrogen) atoms. The van der Waals surface area contributed by atoms with Gasteiger partial charge < -0.3 is 14.7 Å². The molecule has 5 rings (SSSR count). The average molecular weight is 453 g/mol. The molecule has 1 saturated carbocycles. The first-order chi connectivity index (χ1) is 15.8. The second kappa shape index (κ2) is 8.26. The van der Waals surface area contributed by atoms with Crippen molar-refractivity contribution < 1.29 is 23.4 Å². The first-order valence-electron chi connectivity index (χ1n) is 11.0. The smallest absolute Gasteiger partial charge is 0.277 e. The summed E-state index contributed by atoms with van der Waals surface area (Å²) >= 11 is 0. The fourth-order valence-corrected chi connectivity index (χ4v) is 4.61. The fourth-order valence-electron chi connectivity index (χ4n) is 4.61. The van der Waals surface area contributed by atoms with Crippen LogP contribution in [0.25, 0.3) is 11.1 Å². The number of fused-ring (bicyclic) bond motifs is 1. The van der Waals surface area contributed by atoms with E-state index in [0.717, 1.165) is 22.3 Å². The highest BCUT2D eigenvalue weighted by Gasteiger charge is 2.47. The number of rotatable bonds is 5. The van der Waals surface area contributed by atoms with Gasteiger partial charge in [0.15, 0.2) is 6.10 Å². The predicted octanol–water partition coefficient (Wildman–Crippen LogP) is 4.17. The Morgan fingerprint density at radius 3 is 2.70 bits per heavy atom. The standard InChI is InChI=1S/C25H25F2N3O3/c1-29-14-19(12-28-29)17-9-7-16(8-10-17)13-30-15-18-4-2-5-20(22(18)24(30)32)33-21-6-3-11-25(26,27)23(21)31/h2,4-5,7-10,12,14,21,23,31H,3,6,11,13,15H2,1H3/t21-,23+/m1/s1. The van der Waals surface area contributed by atoms with E-state index in [1.165, 1.54) is 0 Å². The number of aliphatic hydroxyl groups excluding tert-OH is 1. The summed E-state index contributed by atoms with van der Waals surface area (Å²) in [5, 5.41) is 14.2. The van der Waals surface area contributed by atoms with Crippen molar-refractivity contribution in [3.63, 3.8) is 0 Å². The Kier molecular flexibility index (Phi) is 5.40. The minimum Gasteiger partial charge on any atom is -0.487 e. The van der Waals surface area contributed by atoms with Gasteiger partial charge >= 0.3 is 0 Å². The van der Waals surface area contributed by atoms with E-state index in [-0.39, 0.29) is 24.5 Å². The molecule has 1 fully saturated rings. The quantitative estimate of drug-likeness (QED) is 0.630. The molecule has 1 amide bonds. The number of nitrogens with zero attached hydrogens (tertiary/aromatic N) is 3. The van der Waals surface area contributed by atoms with Crippen molar-refractivity contribution in [2.24, 2.45) is 7.05 Å². The SMILES string of the molecule is Cn1cc(-c2ccc(CN3Cc4cccc(O[C@@H]5CCCC(F)(F)[C@H]5O)c4C3=O)cc2)cn1. The number of hydrogen-bond donors (Lipinski definition) is 1. The molecular weight excluding hydrogens is 428 g/mol. The Morgan fingerprint density at radius 1 is 1.18 bits per heavy atom. The average Bonchev–Trinajstić information content (AvgIpc) is 3.36. The Morgan fingerprint density at radius 2 is 1.97 bits per heavy atom. The Bertz CT molecular complexity index is 1180. The first kappa shape index (κ1) is 21.6. The zero-order valence-electron chi connectivity index (χ0n) is 18.2. The molecule has 1 aliphatic carbocycles. The maximum Gasteiger partial charge on any atom is 0.277 e. The Labute approximate surface area is 190 Å². The summed E-state index contributed by atoms with van der Waals surface area (Å²) in [4.78, 5) is 14.9. The maximum atomic E-state index is 13.9. The third-order valence-electron chi connectivity index (χ3n) is 6.40. The number of aryl methyl sites for hydroxylation is 1. The first-order valence-corrected chi connectivity index (χ1v) is 11.0. The van der Waals surface area contributed by atoms with Crippen molar-refractivity contribution in [2.75, 3.05) is 0 Å². The summed E-state index contributed by atoms with van der Waals surface area (Å²) in [5.74, 6) is -3.12. The van der Waals surface area contributed by atoms with Crippen LogP contribution in [0.5, 0.6) is 5.75 Å². The number of carbonyl (C=O) groups excluding carboxylic acids is 1. The lowest BCUT2D eigenvalue weighted by Gasteiger charge is -2.34. The van der Waals surface area contributed by atoms with Gasteiger partial charge in [0, 0.05) is 38.3 Å². The van der Waals surface area contributed by atoms with Crippen LogP contribution in [0.2, 0.25) is 0 Å². The molecule has 172 valence electrons. The topological polar surface area (TPSA) is 67.6 Å². The van der Waals surface area contributed by atoms with Crippen LogP contribution in [-0.4, -0.2) is 43.8 Å². The second-order valence-electron chi connectivity index (χ2n) is 8.81. The summed E-state index contributed by atoms with van der Waals surface area (Å²) in [6.45, 7) is 0.837. The molecule has 2 aromatic carbocycles. The molecular formula is C25H25F2N3O3. The zero-order valence-corrected chi connectivity index (χ0v) is 18.2. The van der Waals surface area contributed by atoms with Crippen LogP contribution in [0.1, 0.15) is 40.7 Å². The fraction of sp³-hybridized carbons (Fsp3) is 0.360. The molecule has 1 N–H and O–H groups in total. The van der Waals surface area contributed by atoms with Crippen LogP contribution in [-0.2, 0) is 20.1 Å². The molecule has 8 heteroatoms. The minimum atomic E-state index is -3.18. The monoisotopic (exact) mass is 453 g/mol. The molecule has 0 saturated heterocycles. The molecule has 2 atom stereocenters. The van der Waals surface area contributed by atoms with E-state index in [9.17, 15) is 18.7 Å². The van der Waals surface area contributed by atoms with Crippen LogP contribution in [0, 0.1) is 0 Å². The van der Waals surface area contributed by atoms with Gasteiger partial charge in [-0.3, -0.25) is 9.48 Å². The molecule has 6 nitrogen and oxygen atoms in total. The molecule has 2 aliphatic rings. The highest BCUT2D eigenvalue weighted by molar-refractivity contribution is 6.01. The summed E-state index contributed by atoms with van der Waals surface area (Å²) < 4.78 is 35.4. The van der Waals surface area contributed by atoms with E-state index < -0.39 is 18.1 Å². The molecule has 0 unspecified atom stereocenters. The van der Waals surface area contributed by atoms with E-state index >= 15 is 0 Å². The highest BCUT2D eigenvalue weighted by atomic mass is 19.3. The van der Waals surface area contributed by atoms with Crippen molar-refractivity contribution in [1.29, 1.82) is 0 Å². The van der Waals surface area contributed by atoms with Crippen molar-refractivity contribution in [3.05, 3.63) is 71.5 Å². The number of halogens is 2. The molecule has 0 spiro atoms. The summed E-state index contributed by atoms with van der Waals surface area (Å²) in [6.07, 6.45) is 1.05. The van der Waals surface area contributed by atoms with E-state index in [4.69, 9.17) is 4.74 Å². The van der Waals surface area contributed by atoms with Crippen molar-refractivity contribution >= 4 is 5.91 Å². The van der Waals surface area contributed by atoms with E-state index in [2.05, 4.69) is 5.10 Å². The van der Waals surface area contributed by atoms with Crippen LogP contribution >= 0.6 is 0 Å². The van der Waals surface area contributed by atoms with Gasteiger partial charge in [-0.1, -0.05) is 36.4 Å². The number of alkyl halides is 2. The molecule has 0 radical (unpaired) electrons. The van der Waals surface area contributed by atoms with Crippen LogP contribution < -0.4 is 4.74 Å². The zero-order chi connectivity index (χ0) is 23.2. The van der Waals surface area contributed by atoms with Gasteiger partial charge in [-0.25, -0.2) is 8.78 Å². The normalized spacial score (nSPS) is 21.8. The number of carbonyl (C=O) groups is 1. The van der Waals surface area contributed by atoms with Crippen LogP contribution in [0.15, 0.2) is 54.9 Å². The van der Waals surface area contributed by atoms with Gasteiger partial charge in [0.1, 0.15) is 11.9 Å². The number of benzene rings is 2. The lowest BCUT2D eigenvalue weighted by Crippen LogP contribution is -2.48. The maximum absolute atomic E-state index is 13.9. The molecule has 1 aliphatic heterocycles. The molecule has 0 bridgehead atoms. The Hall–Kier alpha value is -3.26. The number of hydrogen-bond acceptors (Lipinski definition) is 4. The van der Waals surface area contributed by atoms with Crippen LogP contribution in [0.4, 0.5) is 8.78 Å².